The third kappa shape index (κ3) is 35.5. The predicted octanol–water partition coefficient (Wildman–Crippen LogP) is 12.6. The predicted molar refractivity (Wildman–Crippen MR) is 215 cm³/mol. The molecular formula is C44H87NO6. The summed E-state index contributed by atoms with van der Waals surface area (Å²) in [5.74, 6) is 0.400. The molecule has 0 radical (unpaired) electrons. The number of esters is 1. The summed E-state index contributed by atoms with van der Waals surface area (Å²) in [7, 11) is 0. The molecule has 0 saturated heterocycles. The van der Waals surface area contributed by atoms with Crippen molar-refractivity contribution >= 4 is 12.1 Å². The lowest BCUT2D eigenvalue weighted by Gasteiger charge is -2.24. The van der Waals surface area contributed by atoms with Crippen LogP contribution in [-0.4, -0.2) is 68.2 Å². The Morgan fingerprint density at radius 1 is 0.549 bits per heavy atom. The molecule has 304 valence electrons. The second-order valence-corrected chi connectivity index (χ2v) is 16.2. The molecule has 51 heavy (non-hydrogen) atoms. The number of ether oxygens (including phenoxy) is 3. The normalized spacial score (nSPS) is 11.8. The minimum Gasteiger partial charge on any atom is -0.466 e. The summed E-state index contributed by atoms with van der Waals surface area (Å²) >= 11 is 0. The van der Waals surface area contributed by atoms with E-state index in [1.54, 1.807) is 0 Å². The summed E-state index contributed by atoms with van der Waals surface area (Å²) in [6, 6.07) is 0. The van der Waals surface area contributed by atoms with Gasteiger partial charge in [-0.3, -0.25) is 4.79 Å². The number of nitrogens with zero attached hydrogens (tertiary/aromatic N) is 1. The van der Waals surface area contributed by atoms with Gasteiger partial charge in [0, 0.05) is 6.54 Å². The smallest absolute Gasteiger partial charge is 0.466 e. The molecule has 0 aromatic carbocycles. The summed E-state index contributed by atoms with van der Waals surface area (Å²) in [6.07, 6.45) is 32.0. The largest absolute Gasteiger partial charge is 0.508 e. The van der Waals surface area contributed by atoms with Crippen LogP contribution < -0.4 is 0 Å². The maximum atomic E-state index is 12.4. The Morgan fingerprint density at radius 2 is 1.00 bits per heavy atom. The van der Waals surface area contributed by atoms with Crippen molar-refractivity contribution in [1.82, 2.24) is 4.90 Å². The van der Waals surface area contributed by atoms with Gasteiger partial charge in [-0.1, -0.05) is 163 Å². The van der Waals surface area contributed by atoms with Gasteiger partial charge in [0.2, 0.25) is 0 Å². The molecule has 1 N–H and O–H groups in total. The summed E-state index contributed by atoms with van der Waals surface area (Å²) in [5, 5.41) is 9.57. The summed E-state index contributed by atoms with van der Waals surface area (Å²) in [6.45, 7) is 15.4. The Kier molecular flexibility index (Phi) is 36.0. The van der Waals surface area contributed by atoms with E-state index < -0.39 is 6.16 Å². The van der Waals surface area contributed by atoms with Crippen molar-refractivity contribution in [2.75, 3.05) is 46.1 Å². The lowest BCUT2D eigenvalue weighted by Crippen LogP contribution is -2.29. The molecule has 0 fully saturated rings. The van der Waals surface area contributed by atoms with E-state index >= 15 is 0 Å². The fraction of sp³-hybridized carbons (Fsp3) is 0.955. The van der Waals surface area contributed by atoms with Crippen LogP contribution in [0, 0.1) is 11.3 Å². The Balaban J connectivity index is 4.04. The van der Waals surface area contributed by atoms with Crippen LogP contribution in [0.1, 0.15) is 214 Å². The van der Waals surface area contributed by atoms with E-state index in [0.29, 0.717) is 38.7 Å². The van der Waals surface area contributed by atoms with Crippen molar-refractivity contribution in [2.45, 2.75) is 214 Å². The Labute approximate surface area is 317 Å². The third-order valence-electron chi connectivity index (χ3n) is 10.3. The number of rotatable bonds is 39. The lowest BCUT2D eigenvalue weighted by atomic mass is 9.83. The number of carbonyl (C=O) groups excluding carboxylic acids is 2. The molecule has 0 aliphatic carbocycles. The van der Waals surface area contributed by atoms with Gasteiger partial charge in [-0.15, -0.1) is 0 Å². The SMILES string of the molecule is CCCCCCCCCOC(=O)CC(C)(C)CCCCCN(CCO)CCCCCCOC(=O)OCC(CCCCCCC)CCCCCCC. The first-order valence-corrected chi connectivity index (χ1v) is 22.1. The summed E-state index contributed by atoms with van der Waals surface area (Å²) < 4.78 is 16.5. The van der Waals surface area contributed by atoms with Gasteiger partial charge in [-0.25, -0.2) is 4.79 Å². The Bertz CT molecular complexity index is 746. The van der Waals surface area contributed by atoms with E-state index in [4.69, 9.17) is 14.2 Å². The van der Waals surface area contributed by atoms with Crippen LogP contribution in [0.25, 0.3) is 0 Å². The van der Waals surface area contributed by atoms with E-state index in [0.717, 1.165) is 90.1 Å². The fourth-order valence-electron chi connectivity index (χ4n) is 6.93. The number of hydrogen-bond donors (Lipinski definition) is 1. The van der Waals surface area contributed by atoms with Crippen LogP contribution in [-0.2, 0) is 19.0 Å². The molecule has 0 unspecified atom stereocenters. The van der Waals surface area contributed by atoms with E-state index in [2.05, 4.69) is 39.5 Å². The molecule has 0 aromatic heterocycles. The van der Waals surface area contributed by atoms with Crippen molar-refractivity contribution in [2.24, 2.45) is 11.3 Å². The minimum absolute atomic E-state index is 0.0357. The van der Waals surface area contributed by atoms with E-state index in [1.165, 1.54) is 96.3 Å². The molecule has 0 saturated carbocycles. The minimum atomic E-state index is -0.506. The summed E-state index contributed by atoms with van der Waals surface area (Å²) in [4.78, 5) is 27.0. The average molecular weight is 726 g/mol. The molecule has 0 heterocycles. The molecule has 7 nitrogen and oxygen atoms in total. The molecule has 0 aromatic rings. The number of unbranched alkanes of at least 4 members (excludes halogenated alkanes) is 19. The molecule has 0 rings (SSSR count). The van der Waals surface area contributed by atoms with Crippen LogP contribution in [0.3, 0.4) is 0 Å². The maximum absolute atomic E-state index is 12.4. The van der Waals surface area contributed by atoms with Crippen molar-refractivity contribution in [3.05, 3.63) is 0 Å². The van der Waals surface area contributed by atoms with Crippen molar-refractivity contribution in [3.63, 3.8) is 0 Å². The number of carbonyl (C=O) groups is 2. The first-order chi connectivity index (χ1) is 24.8. The zero-order chi connectivity index (χ0) is 37.7. The third-order valence-corrected chi connectivity index (χ3v) is 10.3. The highest BCUT2D eigenvalue weighted by molar-refractivity contribution is 5.70. The quantitative estimate of drug-likeness (QED) is 0.0499. The zero-order valence-electron chi connectivity index (χ0n) is 34.8. The number of hydrogen-bond acceptors (Lipinski definition) is 7. The van der Waals surface area contributed by atoms with Crippen molar-refractivity contribution in [1.29, 1.82) is 0 Å². The standard InChI is InChI=1S/C44H87NO6/c1-6-9-12-15-16-20-28-37-49-42(47)39-44(4,5)32-25-22-27-34-45(35-36-46)33-26-19-21-29-38-50-43(48)51-40-41(30-23-17-13-10-7-2)31-24-18-14-11-8-3/h41,46H,6-40H2,1-5H3. The highest BCUT2D eigenvalue weighted by Crippen LogP contribution is 2.28. The molecular weight excluding hydrogens is 638 g/mol. The highest BCUT2D eigenvalue weighted by atomic mass is 16.7. The molecule has 0 aliphatic rings. The average Bonchev–Trinajstić information content (AvgIpc) is 3.10. The highest BCUT2D eigenvalue weighted by Gasteiger charge is 2.22. The van der Waals surface area contributed by atoms with Crippen LogP contribution >= 0.6 is 0 Å². The topological polar surface area (TPSA) is 85.3 Å². The molecule has 0 bridgehead atoms. The maximum Gasteiger partial charge on any atom is 0.508 e. The first kappa shape index (κ1) is 49.7. The second kappa shape index (κ2) is 37.0. The van der Waals surface area contributed by atoms with Gasteiger partial charge >= 0.3 is 12.1 Å². The second-order valence-electron chi connectivity index (χ2n) is 16.2. The fourth-order valence-corrected chi connectivity index (χ4v) is 6.93. The van der Waals surface area contributed by atoms with E-state index in [-0.39, 0.29) is 18.0 Å². The zero-order valence-corrected chi connectivity index (χ0v) is 34.8. The lowest BCUT2D eigenvalue weighted by molar-refractivity contribution is -0.146. The van der Waals surface area contributed by atoms with Gasteiger partial charge in [0.1, 0.15) is 0 Å². The van der Waals surface area contributed by atoms with Crippen LogP contribution in [0.5, 0.6) is 0 Å². The number of aliphatic hydroxyl groups is 1. The van der Waals surface area contributed by atoms with Gasteiger partial charge in [0.15, 0.2) is 0 Å². The van der Waals surface area contributed by atoms with Crippen molar-refractivity contribution in [3.8, 4) is 0 Å². The van der Waals surface area contributed by atoms with Gasteiger partial charge < -0.3 is 24.2 Å². The molecule has 0 atom stereocenters. The molecule has 0 spiro atoms. The van der Waals surface area contributed by atoms with Crippen LogP contribution in [0.15, 0.2) is 0 Å². The van der Waals surface area contributed by atoms with Gasteiger partial charge in [-0.05, 0) is 69.4 Å². The van der Waals surface area contributed by atoms with Gasteiger partial charge in [0.25, 0.3) is 0 Å². The summed E-state index contributed by atoms with van der Waals surface area (Å²) in [5.41, 5.74) is -0.0357. The molecule has 7 heteroatoms. The first-order valence-electron chi connectivity index (χ1n) is 22.1. The Morgan fingerprint density at radius 3 is 1.53 bits per heavy atom. The molecule has 0 amide bonds. The molecule has 0 aliphatic heterocycles. The van der Waals surface area contributed by atoms with E-state index in [1.807, 2.05) is 0 Å². The Hall–Kier alpha value is -1.34. The van der Waals surface area contributed by atoms with Gasteiger partial charge in [-0.2, -0.15) is 0 Å². The van der Waals surface area contributed by atoms with Crippen LogP contribution in [0.2, 0.25) is 0 Å². The van der Waals surface area contributed by atoms with Crippen molar-refractivity contribution < 1.29 is 28.9 Å². The monoisotopic (exact) mass is 726 g/mol. The number of aliphatic hydroxyl groups excluding tert-OH is 1. The van der Waals surface area contributed by atoms with Crippen LogP contribution in [0.4, 0.5) is 4.79 Å². The van der Waals surface area contributed by atoms with E-state index in [9.17, 15) is 14.7 Å². The van der Waals surface area contributed by atoms with Gasteiger partial charge in [0.05, 0.1) is 32.8 Å².